The number of aromatic hydroxyl groups is 1. The zero-order valence-corrected chi connectivity index (χ0v) is 22.1. The molecule has 0 aliphatic heterocycles. The minimum absolute atomic E-state index is 0.115. The number of carboxylic acid groups (broad SMARTS) is 3. The maximum absolute atomic E-state index is 10.6. The third-order valence-corrected chi connectivity index (χ3v) is 6.10. The van der Waals surface area contributed by atoms with E-state index in [1.165, 1.54) is 18.2 Å². The van der Waals surface area contributed by atoms with E-state index in [-0.39, 0.29) is 30.3 Å². The Labute approximate surface area is 225 Å². The number of hydrogen-bond donors (Lipinski definition) is 7. The van der Waals surface area contributed by atoms with Gasteiger partial charge in [0.05, 0.1) is 12.0 Å². The van der Waals surface area contributed by atoms with Gasteiger partial charge in [-0.1, -0.05) is 24.1 Å². The monoisotopic (exact) mass is 567 g/mol. The fraction of sp³-hybridized carbons (Fsp3) is 0.346. The zero-order valence-electron chi connectivity index (χ0n) is 21.2. The lowest BCUT2D eigenvalue weighted by molar-refractivity contribution is -0.139. The summed E-state index contributed by atoms with van der Waals surface area (Å²) in [7, 11) is -3.94. The van der Waals surface area contributed by atoms with Crippen LogP contribution in [0.1, 0.15) is 55.3 Å². The molecule has 0 saturated carbocycles. The molecule has 1 aliphatic carbocycles. The molecule has 1 unspecified atom stereocenters. The average molecular weight is 568 g/mol. The number of phenols is 1. The number of ether oxygens (including phenoxy) is 1. The van der Waals surface area contributed by atoms with Crippen molar-refractivity contribution < 1.29 is 53.9 Å². The second kappa shape index (κ2) is 17.0. The van der Waals surface area contributed by atoms with Crippen molar-refractivity contribution >= 4 is 25.5 Å². The smallest absolute Gasteiger partial charge is 0.335 e. The molecule has 1 aliphatic rings. The lowest BCUT2D eigenvalue weighted by Crippen LogP contribution is -2.29. The molecule has 0 heterocycles. The Balaban J connectivity index is 0.000000308. The summed E-state index contributed by atoms with van der Waals surface area (Å²) in [6.07, 6.45) is 6.24. The maximum atomic E-state index is 10.6. The highest BCUT2D eigenvalue weighted by Crippen LogP contribution is 2.35. The van der Waals surface area contributed by atoms with Crippen LogP contribution in [0.25, 0.3) is 0 Å². The van der Waals surface area contributed by atoms with Gasteiger partial charge in [0.25, 0.3) is 0 Å². The van der Waals surface area contributed by atoms with Crippen LogP contribution in [0.2, 0.25) is 0 Å². The van der Waals surface area contributed by atoms with Crippen LogP contribution in [-0.2, 0) is 14.2 Å². The molecule has 0 amide bonds. The van der Waals surface area contributed by atoms with Gasteiger partial charge in [-0.15, -0.1) is 0 Å². The van der Waals surface area contributed by atoms with Gasteiger partial charge in [-0.05, 0) is 68.5 Å². The molecule has 12 nitrogen and oxygen atoms in total. The van der Waals surface area contributed by atoms with Gasteiger partial charge in [0.1, 0.15) is 23.3 Å². The number of aliphatic carboxylic acids is 2. The molecule has 0 spiro atoms. The number of allylic oxidation sites excluding steroid dienone is 1. The van der Waals surface area contributed by atoms with Crippen molar-refractivity contribution in [3.8, 4) is 17.2 Å². The number of aromatic carboxylic acids is 1. The van der Waals surface area contributed by atoms with Gasteiger partial charge in [0, 0.05) is 12.2 Å². The number of benzene rings is 2. The fourth-order valence-corrected chi connectivity index (χ4v) is 3.88. The fourth-order valence-electron chi connectivity index (χ4n) is 3.25. The Kier molecular flexibility index (Phi) is 14.5. The Morgan fingerprint density at radius 2 is 1.64 bits per heavy atom. The number of nitrogens with two attached hydrogens (primary N) is 1. The van der Waals surface area contributed by atoms with Gasteiger partial charge >= 0.3 is 25.5 Å². The highest BCUT2D eigenvalue weighted by atomic mass is 31.2. The first-order valence-corrected chi connectivity index (χ1v) is 13.8. The van der Waals surface area contributed by atoms with E-state index in [2.05, 4.69) is 0 Å². The lowest BCUT2D eigenvalue weighted by Gasteiger charge is -2.06. The molecule has 0 aromatic heterocycles. The van der Waals surface area contributed by atoms with Crippen LogP contribution < -0.4 is 10.5 Å². The van der Waals surface area contributed by atoms with Crippen LogP contribution in [0, 0.1) is 0 Å². The van der Waals surface area contributed by atoms with Crippen LogP contribution in [0.5, 0.6) is 17.2 Å². The van der Waals surface area contributed by atoms with E-state index in [0.717, 1.165) is 24.8 Å². The van der Waals surface area contributed by atoms with E-state index >= 15 is 0 Å². The van der Waals surface area contributed by atoms with Gasteiger partial charge in [-0.25, -0.2) is 4.79 Å². The van der Waals surface area contributed by atoms with E-state index in [1.807, 2.05) is 6.08 Å². The third-order valence-electron chi connectivity index (χ3n) is 5.20. The van der Waals surface area contributed by atoms with E-state index < -0.39 is 31.5 Å². The Morgan fingerprint density at radius 3 is 2.13 bits per heavy atom. The SMILES string of the molecule is NC(CCCCP(=O)(O)O)C(=O)O.O=C(O)CC1=CCCC1.O=C(O)c1ccc(Oc2cccc(O)c2)cc1. The molecule has 8 N–H and O–H groups in total. The minimum Gasteiger partial charge on any atom is -0.508 e. The number of carbonyl (C=O) groups is 3. The third kappa shape index (κ3) is 16.0. The van der Waals surface area contributed by atoms with Crippen LogP contribution in [-0.4, -0.2) is 60.3 Å². The van der Waals surface area contributed by atoms with Gasteiger partial charge in [0.2, 0.25) is 0 Å². The summed E-state index contributed by atoms with van der Waals surface area (Å²) in [6.45, 7) is 0. The van der Waals surface area contributed by atoms with Crippen molar-refractivity contribution in [2.24, 2.45) is 5.73 Å². The van der Waals surface area contributed by atoms with E-state index in [4.69, 9.17) is 35.6 Å². The quantitative estimate of drug-likeness (QED) is 0.115. The molecular formula is C26H34NO11P. The van der Waals surface area contributed by atoms with Crippen molar-refractivity contribution in [2.45, 2.75) is 51.0 Å². The molecule has 1 atom stereocenters. The van der Waals surface area contributed by atoms with Crippen molar-refractivity contribution in [1.82, 2.24) is 0 Å². The molecule has 0 saturated heterocycles. The molecular weight excluding hydrogens is 533 g/mol. The van der Waals surface area contributed by atoms with Crippen LogP contribution in [0.15, 0.2) is 60.2 Å². The lowest BCUT2D eigenvalue weighted by atomic mass is 10.1. The van der Waals surface area contributed by atoms with Crippen LogP contribution in [0.4, 0.5) is 0 Å². The Hall–Kier alpha value is -3.70. The van der Waals surface area contributed by atoms with Crippen molar-refractivity contribution in [3.05, 3.63) is 65.7 Å². The first kappa shape index (κ1) is 33.3. The van der Waals surface area contributed by atoms with Crippen molar-refractivity contribution in [3.63, 3.8) is 0 Å². The van der Waals surface area contributed by atoms with Crippen LogP contribution >= 0.6 is 7.60 Å². The second-order valence-electron chi connectivity index (χ2n) is 8.58. The van der Waals surface area contributed by atoms with Gasteiger partial charge in [-0.3, -0.25) is 14.2 Å². The normalized spacial score (nSPS) is 13.1. The summed E-state index contributed by atoms with van der Waals surface area (Å²) in [6, 6.07) is 11.5. The summed E-state index contributed by atoms with van der Waals surface area (Å²) in [4.78, 5) is 47.9. The Morgan fingerprint density at radius 1 is 0.974 bits per heavy atom. The minimum atomic E-state index is -3.94. The number of carboxylic acids is 3. The topological polar surface area (TPSA) is 225 Å². The predicted octanol–water partition coefficient (Wildman–Crippen LogP) is 4.20. The van der Waals surface area contributed by atoms with E-state index in [0.29, 0.717) is 24.3 Å². The summed E-state index contributed by atoms with van der Waals surface area (Å²) >= 11 is 0. The van der Waals surface area contributed by atoms with Crippen molar-refractivity contribution in [1.29, 1.82) is 0 Å². The van der Waals surface area contributed by atoms with Crippen LogP contribution in [0.3, 0.4) is 0 Å². The first-order valence-electron chi connectivity index (χ1n) is 12.0. The number of hydrogen-bond acceptors (Lipinski definition) is 7. The molecule has 3 rings (SSSR count). The molecule has 0 bridgehead atoms. The molecule has 0 radical (unpaired) electrons. The van der Waals surface area contributed by atoms with Gasteiger partial charge in [-0.2, -0.15) is 0 Å². The molecule has 13 heteroatoms. The summed E-state index contributed by atoms with van der Waals surface area (Å²) < 4.78 is 15.8. The molecule has 2 aromatic rings. The van der Waals surface area contributed by atoms with E-state index in [1.54, 1.807) is 30.3 Å². The van der Waals surface area contributed by atoms with Gasteiger partial charge < -0.3 is 40.7 Å². The summed E-state index contributed by atoms with van der Waals surface area (Å²) in [5.74, 6) is -1.65. The first-order chi connectivity index (χ1) is 18.3. The highest BCUT2D eigenvalue weighted by molar-refractivity contribution is 7.51. The second-order valence-corrected chi connectivity index (χ2v) is 10.4. The maximum Gasteiger partial charge on any atom is 0.335 e. The summed E-state index contributed by atoms with van der Waals surface area (Å²) in [5.41, 5.74) is 6.47. The standard InChI is InChI=1S/C13H10O4.C7H10O2.C6H14NO5P/c14-10-2-1-3-12(8-10)17-11-6-4-9(5-7-11)13(15)16;8-7(9)5-6-3-1-2-4-6;7-5(6(8)9)3-1-2-4-13(10,11)12/h1-8,14H,(H,15,16);3H,1-2,4-5H2,(H,8,9);5H,1-4,7H2,(H,8,9)(H2,10,11,12). The molecule has 0 fully saturated rings. The molecule has 2 aromatic carbocycles. The average Bonchev–Trinajstić information content (AvgIpc) is 3.35. The zero-order chi connectivity index (χ0) is 29.4. The number of phenolic OH excluding ortho intramolecular Hbond substituents is 1. The molecule has 214 valence electrons. The predicted molar refractivity (Wildman–Crippen MR) is 142 cm³/mol. The van der Waals surface area contributed by atoms with Gasteiger partial charge in [0.15, 0.2) is 0 Å². The Bertz CT molecular complexity index is 1160. The molecule has 39 heavy (non-hydrogen) atoms. The number of rotatable bonds is 11. The van der Waals surface area contributed by atoms with E-state index in [9.17, 15) is 24.1 Å². The number of unbranched alkanes of at least 4 members (excludes halogenated alkanes) is 1. The largest absolute Gasteiger partial charge is 0.508 e. The highest BCUT2D eigenvalue weighted by Gasteiger charge is 2.14. The van der Waals surface area contributed by atoms with Crippen molar-refractivity contribution in [2.75, 3.05) is 6.16 Å². The summed E-state index contributed by atoms with van der Waals surface area (Å²) in [5, 5.41) is 34.7.